The summed E-state index contributed by atoms with van der Waals surface area (Å²) in [6.45, 7) is 4.90. The highest BCUT2D eigenvalue weighted by molar-refractivity contribution is 7.17. The molecule has 0 saturated heterocycles. The van der Waals surface area contributed by atoms with E-state index in [0.717, 1.165) is 5.56 Å². The van der Waals surface area contributed by atoms with Gasteiger partial charge in [0.2, 0.25) is 5.91 Å². The van der Waals surface area contributed by atoms with E-state index in [0.29, 0.717) is 47.8 Å². The molecule has 0 saturated carbocycles. The summed E-state index contributed by atoms with van der Waals surface area (Å²) in [7, 11) is 0. The van der Waals surface area contributed by atoms with Crippen LogP contribution in [0, 0.1) is 6.92 Å². The number of benzene rings is 1. The van der Waals surface area contributed by atoms with Crippen molar-refractivity contribution in [1.29, 1.82) is 0 Å². The number of rotatable bonds is 4. The number of thiophene rings is 1. The maximum Gasteiger partial charge on any atom is 0.332 e. The first-order valence-electron chi connectivity index (χ1n) is 9.26. The first-order valence-corrected chi connectivity index (χ1v) is 10.1. The minimum atomic E-state index is -0.441. The molecule has 1 amide bonds. The van der Waals surface area contributed by atoms with Crippen molar-refractivity contribution in [1.82, 2.24) is 9.13 Å². The third-order valence-corrected chi connectivity index (χ3v) is 5.75. The lowest BCUT2D eigenvalue weighted by atomic mass is 10.1. The van der Waals surface area contributed by atoms with E-state index in [4.69, 9.17) is 4.74 Å². The summed E-state index contributed by atoms with van der Waals surface area (Å²) >= 11 is 1.29. The van der Waals surface area contributed by atoms with E-state index >= 15 is 0 Å². The molecule has 0 unspecified atom stereocenters. The van der Waals surface area contributed by atoms with Crippen molar-refractivity contribution in [3.05, 3.63) is 56.0 Å². The summed E-state index contributed by atoms with van der Waals surface area (Å²) < 4.78 is 8.79. The Morgan fingerprint density at radius 1 is 1.21 bits per heavy atom. The quantitative estimate of drug-likeness (QED) is 0.675. The van der Waals surface area contributed by atoms with Gasteiger partial charge in [0.05, 0.1) is 17.7 Å². The molecule has 4 rings (SSSR count). The van der Waals surface area contributed by atoms with E-state index in [1.54, 1.807) is 16.3 Å². The first kappa shape index (κ1) is 18.5. The predicted molar refractivity (Wildman–Crippen MR) is 110 cm³/mol. The summed E-state index contributed by atoms with van der Waals surface area (Å²) in [5, 5.41) is 1.77. The predicted octanol–water partition coefficient (Wildman–Crippen LogP) is 2.37. The van der Waals surface area contributed by atoms with Crippen LogP contribution in [0.15, 0.2) is 39.2 Å². The number of anilines is 1. The van der Waals surface area contributed by atoms with Gasteiger partial charge >= 0.3 is 5.69 Å². The minimum Gasteiger partial charge on any atom is -0.490 e. The van der Waals surface area contributed by atoms with E-state index in [1.165, 1.54) is 20.5 Å². The fourth-order valence-corrected chi connectivity index (χ4v) is 4.36. The molecule has 0 radical (unpaired) electrons. The van der Waals surface area contributed by atoms with Crippen LogP contribution in [-0.2, 0) is 17.9 Å². The number of amides is 1. The van der Waals surface area contributed by atoms with Gasteiger partial charge in [-0.1, -0.05) is 13.0 Å². The largest absolute Gasteiger partial charge is 0.490 e. The van der Waals surface area contributed by atoms with Gasteiger partial charge in [0, 0.05) is 6.54 Å². The molecule has 0 spiro atoms. The normalized spacial score (nSPS) is 13.4. The Morgan fingerprint density at radius 2 is 2.04 bits per heavy atom. The molecule has 0 N–H and O–H groups in total. The van der Waals surface area contributed by atoms with E-state index in [9.17, 15) is 14.4 Å². The zero-order valence-electron chi connectivity index (χ0n) is 15.8. The SMILES string of the molecule is CCCn1c(=O)c2sccc2n(CC(=O)N2CCOc3ccc(C)cc32)c1=O. The zero-order valence-corrected chi connectivity index (χ0v) is 16.6. The van der Waals surface area contributed by atoms with Gasteiger partial charge in [-0.05, 0) is 42.5 Å². The number of carbonyl (C=O) groups is 1. The summed E-state index contributed by atoms with van der Waals surface area (Å²) in [4.78, 5) is 40.3. The molecule has 0 fully saturated rings. The lowest BCUT2D eigenvalue weighted by Gasteiger charge is -2.30. The minimum absolute atomic E-state index is 0.122. The Labute approximate surface area is 165 Å². The monoisotopic (exact) mass is 399 g/mol. The Hall–Kier alpha value is -2.87. The van der Waals surface area contributed by atoms with Gasteiger partial charge in [-0.25, -0.2) is 4.79 Å². The van der Waals surface area contributed by atoms with Crippen molar-refractivity contribution < 1.29 is 9.53 Å². The van der Waals surface area contributed by atoms with E-state index < -0.39 is 5.69 Å². The number of hydrogen-bond acceptors (Lipinski definition) is 5. The van der Waals surface area contributed by atoms with Crippen LogP contribution < -0.4 is 20.9 Å². The molecule has 146 valence electrons. The zero-order chi connectivity index (χ0) is 19.8. The van der Waals surface area contributed by atoms with Gasteiger partial charge in [0.15, 0.2) is 0 Å². The van der Waals surface area contributed by atoms with Crippen molar-refractivity contribution in [2.24, 2.45) is 0 Å². The molecular weight excluding hydrogens is 378 g/mol. The number of aryl methyl sites for hydroxylation is 1. The second kappa shape index (κ2) is 7.27. The summed E-state index contributed by atoms with van der Waals surface area (Å²) in [5.41, 5.74) is 1.53. The first-order chi connectivity index (χ1) is 13.5. The van der Waals surface area contributed by atoms with Gasteiger partial charge in [-0.15, -0.1) is 11.3 Å². The van der Waals surface area contributed by atoms with E-state index in [1.807, 2.05) is 32.0 Å². The Bertz CT molecular complexity index is 1170. The maximum atomic E-state index is 13.1. The van der Waals surface area contributed by atoms with E-state index in [2.05, 4.69) is 0 Å². The molecule has 7 nitrogen and oxygen atoms in total. The van der Waals surface area contributed by atoms with E-state index in [-0.39, 0.29) is 18.0 Å². The fourth-order valence-electron chi connectivity index (χ4n) is 3.51. The molecule has 1 aromatic carbocycles. The Balaban J connectivity index is 1.77. The number of aromatic nitrogens is 2. The number of ether oxygens (including phenoxy) is 1. The van der Waals surface area contributed by atoms with Gasteiger partial charge in [-0.3, -0.25) is 18.7 Å². The van der Waals surface area contributed by atoms with Crippen molar-refractivity contribution >= 4 is 33.1 Å². The molecule has 8 heteroatoms. The highest BCUT2D eigenvalue weighted by atomic mass is 32.1. The van der Waals surface area contributed by atoms with Gasteiger partial charge in [0.1, 0.15) is 23.6 Å². The summed E-state index contributed by atoms with van der Waals surface area (Å²) in [6.07, 6.45) is 0.663. The third kappa shape index (κ3) is 3.03. The van der Waals surface area contributed by atoms with Crippen LogP contribution in [0.1, 0.15) is 18.9 Å². The molecule has 1 aliphatic rings. The van der Waals surface area contributed by atoms with Crippen molar-refractivity contribution in [2.75, 3.05) is 18.1 Å². The summed E-state index contributed by atoms with van der Waals surface area (Å²) in [5.74, 6) is 0.459. The van der Waals surface area contributed by atoms with Crippen molar-refractivity contribution in [3.8, 4) is 5.75 Å². The molecule has 3 aromatic rings. The molecule has 28 heavy (non-hydrogen) atoms. The van der Waals surface area contributed by atoms with Crippen LogP contribution in [0.5, 0.6) is 5.75 Å². The topological polar surface area (TPSA) is 73.5 Å². The Kier molecular flexibility index (Phi) is 4.80. The van der Waals surface area contributed by atoms with Crippen LogP contribution in [-0.4, -0.2) is 28.2 Å². The maximum absolute atomic E-state index is 13.1. The average Bonchev–Trinajstić information content (AvgIpc) is 3.17. The molecule has 0 atom stereocenters. The number of nitrogens with zero attached hydrogens (tertiary/aromatic N) is 3. The smallest absolute Gasteiger partial charge is 0.332 e. The molecule has 2 aromatic heterocycles. The van der Waals surface area contributed by atoms with Crippen LogP contribution in [0.3, 0.4) is 0 Å². The lowest BCUT2D eigenvalue weighted by molar-refractivity contribution is -0.119. The van der Waals surface area contributed by atoms with Crippen LogP contribution >= 0.6 is 11.3 Å². The number of fused-ring (bicyclic) bond motifs is 2. The third-order valence-electron chi connectivity index (χ3n) is 4.86. The van der Waals surface area contributed by atoms with Gasteiger partial charge in [0.25, 0.3) is 5.56 Å². The molecule has 3 heterocycles. The molecule has 0 bridgehead atoms. The fraction of sp³-hybridized carbons (Fsp3) is 0.350. The average molecular weight is 399 g/mol. The second-order valence-electron chi connectivity index (χ2n) is 6.83. The highest BCUT2D eigenvalue weighted by Crippen LogP contribution is 2.32. The molecular formula is C20H21N3O4S. The molecule has 0 aliphatic carbocycles. The second-order valence-corrected chi connectivity index (χ2v) is 7.74. The van der Waals surface area contributed by atoms with Crippen LogP contribution in [0.2, 0.25) is 0 Å². The number of hydrogen-bond donors (Lipinski definition) is 0. The highest BCUT2D eigenvalue weighted by Gasteiger charge is 2.25. The van der Waals surface area contributed by atoms with Crippen LogP contribution in [0.25, 0.3) is 10.2 Å². The lowest BCUT2D eigenvalue weighted by Crippen LogP contribution is -2.45. The Morgan fingerprint density at radius 3 is 2.82 bits per heavy atom. The van der Waals surface area contributed by atoms with Crippen molar-refractivity contribution in [2.45, 2.75) is 33.4 Å². The number of carbonyl (C=O) groups excluding carboxylic acids is 1. The standard InChI is InChI=1S/C20H21N3O4S/c1-3-7-22-19(25)18-14(6-10-28-18)23(20(22)26)12-17(24)21-8-9-27-16-5-4-13(2)11-15(16)21/h4-6,10-11H,3,7-9,12H2,1-2H3. The van der Waals surface area contributed by atoms with Crippen LogP contribution in [0.4, 0.5) is 5.69 Å². The molecule has 1 aliphatic heterocycles. The van der Waals surface area contributed by atoms with Crippen molar-refractivity contribution in [3.63, 3.8) is 0 Å². The van der Waals surface area contributed by atoms with Gasteiger partial charge in [-0.2, -0.15) is 0 Å². The summed E-state index contributed by atoms with van der Waals surface area (Å²) in [6, 6.07) is 7.43. The van der Waals surface area contributed by atoms with Gasteiger partial charge < -0.3 is 9.64 Å².